The van der Waals surface area contributed by atoms with Crippen LogP contribution in [0.15, 0.2) is 10.8 Å². The van der Waals surface area contributed by atoms with Crippen molar-refractivity contribution in [2.45, 2.75) is 32.7 Å². The SMILES string of the molecule is CCC(C)c1cscc1CN. The zero-order valence-electron chi connectivity index (χ0n) is 7.13. The zero-order chi connectivity index (χ0) is 8.27. The number of rotatable bonds is 3. The molecule has 0 aliphatic carbocycles. The average Bonchev–Trinajstić information content (AvgIpc) is 2.50. The van der Waals surface area contributed by atoms with Crippen molar-refractivity contribution in [3.05, 3.63) is 21.9 Å². The van der Waals surface area contributed by atoms with Gasteiger partial charge in [0.2, 0.25) is 0 Å². The van der Waals surface area contributed by atoms with Gasteiger partial charge in [-0.25, -0.2) is 0 Å². The molecule has 1 aromatic heterocycles. The molecule has 11 heavy (non-hydrogen) atoms. The van der Waals surface area contributed by atoms with E-state index in [2.05, 4.69) is 24.6 Å². The highest BCUT2D eigenvalue weighted by atomic mass is 32.1. The van der Waals surface area contributed by atoms with E-state index >= 15 is 0 Å². The first-order valence-electron chi connectivity index (χ1n) is 4.04. The first kappa shape index (κ1) is 8.75. The van der Waals surface area contributed by atoms with Crippen LogP contribution in [0.2, 0.25) is 0 Å². The summed E-state index contributed by atoms with van der Waals surface area (Å²) < 4.78 is 0. The van der Waals surface area contributed by atoms with Gasteiger partial charge in [-0.1, -0.05) is 13.8 Å². The molecule has 0 amide bonds. The van der Waals surface area contributed by atoms with E-state index < -0.39 is 0 Å². The van der Waals surface area contributed by atoms with Gasteiger partial charge in [0.05, 0.1) is 0 Å². The molecule has 0 saturated carbocycles. The Kier molecular flexibility index (Phi) is 3.09. The van der Waals surface area contributed by atoms with E-state index in [1.807, 2.05) is 0 Å². The number of hydrogen-bond donors (Lipinski definition) is 1. The van der Waals surface area contributed by atoms with Crippen molar-refractivity contribution in [3.63, 3.8) is 0 Å². The summed E-state index contributed by atoms with van der Waals surface area (Å²) in [5.41, 5.74) is 8.36. The van der Waals surface area contributed by atoms with Crippen LogP contribution in [-0.4, -0.2) is 0 Å². The Bertz CT molecular complexity index is 217. The molecule has 0 saturated heterocycles. The maximum absolute atomic E-state index is 5.59. The number of nitrogens with two attached hydrogens (primary N) is 1. The maximum atomic E-state index is 5.59. The molecule has 0 spiro atoms. The van der Waals surface area contributed by atoms with Gasteiger partial charge in [-0.2, -0.15) is 11.3 Å². The van der Waals surface area contributed by atoms with Crippen LogP contribution in [0, 0.1) is 0 Å². The Morgan fingerprint density at radius 3 is 2.82 bits per heavy atom. The van der Waals surface area contributed by atoms with Crippen molar-refractivity contribution in [1.82, 2.24) is 0 Å². The molecule has 1 rings (SSSR count). The summed E-state index contributed by atoms with van der Waals surface area (Å²) in [6, 6.07) is 0. The van der Waals surface area contributed by atoms with E-state index in [-0.39, 0.29) is 0 Å². The van der Waals surface area contributed by atoms with E-state index in [9.17, 15) is 0 Å². The summed E-state index contributed by atoms with van der Waals surface area (Å²) >= 11 is 1.75. The molecular weight excluding hydrogens is 154 g/mol. The molecule has 1 unspecified atom stereocenters. The Hall–Kier alpha value is -0.340. The number of hydrogen-bond acceptors (Lipinski definition) is 2. The summed E-state index contributed by atoms with van der Waals surface area (Å²) in [6.07, 6.45) is 1.20. The summed E-state index contributed by atoms with van der Waals surface area (Å²) in [6.45, 7) is 5.15. The minimum absolute atomic E-state index is 0.666. The van der Waals surface area contributed by atoms with Gasteiger partial charge in [0.1, 0.15) is 0 Å². The van der Waals surface area contributed by atoms with E-state index in [1.54, 1.807) is 11.3 Å². The molecular formula is C9H15NS. The molecule has 1 nitrogen and oxygen atoms in total. The zero-order valence-corrected chi connectivity index (χ0v) is 7.95. The van der Waals surface area contributed by atoms with Gasteiger partial charge in [-0.3, -0.25) is 0 Å². The van der Waals surface area contributed by atoms with Crippen molar-refractivity contribution in [2.24, 2.45) is 5.73 Å². The highest BCUT2D eigenvalue weighted by Crippen LogP contribution is 2.25. The Balaban J connectivity index is 2.83. The summed E-state index contributed by atoms with van der Waals surface area (Å²) in [4.78, 5) is 0. The smallest absolute Gasteiger partial charge is 0.0189 e. The van der Waals surface area contributed by atoms with Gasteiger partial charge in [0.15, 0.2) is 0 Å². The Morgan fingerprint density at radius 1 is 1.55 bits per heavy atom. The summed E-state index contributed by atoms with van der Waals surface area (Å²) in [5, 5.41) is 4.37. The Labute approximate surface area is 72.2 Å². The second kappa shape index (κ2) is 3.88. The molecule has 1 heterocycles. The Morgan fingerprint density at radius 2 is 2.27 bits per heavy atom. The van der Waals surface area contributed by atoms with Gasteiger partial charge in [-0.15, -0.1) is 0 Å². The van der Waals surface area contributed by atoms with Gasteiger partial charge >= 0.3 is 0 Å². The third-order valence-corrected chi connectivity index (χ3v) is 2.95. The second-order valence-corrected chi connectivity index (χ2v) is 3.61. The highest BCUT2D eigenvalue weighted by molar-refractivity contribution is 7.08. The molecule has 2 heteroatoms. The van der Waals surface area contributed by atoms with Crippen LogP contribution in [-0.2, 0) is 6.54 Å². The van der Waals surface area contributed by atoms with Crippen molar-refractivity contribution in [2.75, 3.05) is 0 Å². The van der Waals surface area contributed by atoms with Gasteiger partial charge in [0, 0.05) is 6.54 Å². The first-order valence-corrected chi connectivity index (χ1v) is 4.98. The normalized spacial score (nSPS) is 13.4. The molecule has 0 aromatic carbocycles. The van der Waals surface area contributed by atoms with Crippen molar-refractivity contribution in [1.29, 1.82) is 0 Å². The first-order chi connectivity index (χ1) is 5.29. The topological polar surface area (TPSA) is 26.0 Å². The van der Waals surface area contributed by atoms with Crippen molar-refractivity contribution < 1.29 is 0 Å². The van der Waals surface area contributed by atoms with Crippen LogP contribution in [0.1, 0.15) is 37.3 Å². The fourth-order valence-electron chi connectivity index (χ4n) is 1.15. The predicted molar refractivity (Wildman–Crippen MR) is 50.9 cm³/mol. The molecule has 1 atom stereocenters. The van der Waals surface area contributed by atoms with E-state index in [1.165, 1.54) is 17.5 Å². The van der Waals surface area contributed by atoms with Crippen LogP contribution in [0.25, 0.3) is 0 Å². The molecule has 0 aliphatic heterocycles. The summed E-state index contributed by atoms with van der Waals surface area (Å²) in [7, 11) is 0. The summed E-state index contributed by atoms with van der Waals surface area (Å²) in [5.74, 6) is 0.666. The van der Waals surface area contributed by atoms with Crippen LogP contribution in [0.5, 0.6) is 0 Å². The van der Waals surface area contributed by atoms with E-state index in [0.717, 1.165) is 0 Å². The molecule has 62 valence electrons. The average molecular weight is 169 g/mol. The van der Waals surface area contributed by atoms with Crippen molar-refractivity contribution >= 4 is 11.3 Å². The molecule has 2 N–H and O–H groups in total. The number of thiophene rings is 1. The van der Waals surface area contributed by atoms with E-state index in [0.29, 0.717) is 12.5 Å². The standard InChI is InChI=1S/C9H15NS/c1-3-7(2)9-6-11-5-8(9)4-10/h5-7H,3-4,10H2,1-2H3. The van der Waals surface area contributed by atoms with Crippen LogP contribution < -0.4 is 5.73 Å². The maximum Gasteiger partial charge on any atom is 0.0189 e. The predicted octanol–water partition coefficient (Wildman–Crippen LogP) is 2.72. The third-order valence-electron chi connectivity index (χ3n) is 2.14. The van der Waals surface area contributed by atoms with Crippen molar-refractivity contribution in [3.8, 4) is 0 Å². The van der Waals surface area contributed by atoms with Crippen LogP contribution in [0.3, 0.4) is 0 Å². The third kappa shape index (κ3) is 1.82. The molecule has 0 bridgehead atoms. The fourth-order valence-corrected chi connectivity index (χ4v) is 2.15. The minimum Gasteiger partial charge on any atom is -0.326 e. The van der Waals surface area contributed by atoms with Gasteiger partial charge < -0.3 is 5.73 Å². The molecule has 1 aromatic rings. The minimum atomic E-state index is 0.666. The van der Waals surface area contributed by atoms with E-state index in [4.69, 9.17) is 5.73 Å². The molecule has 0 radical (unpaired) electrons. The fraction of sp³-hybridized carbons (Fsp3) is 0.556. The quantitative estimate of drug-likeness (QED) is 0.739. The van der Waals surface area contributed by atoms with Gasteiger partial charge in [-0.05, 0) is 34.2 Å². The monoisotopic (exact) mass is 169 g/mol. The lowest BCUT2D eigenvalue weighted by Crippen LogP contribution is -2.00. The van der Waals surface area contributed by atoms with Gasteiger partial charge in [0.25, 0.3) is 0 Å². The largest absolute Gasteiger partial charge is 0.326 e. The van der Waals surface area contributed by atoms with Crippen LogP contribution in [0.4, 0.5) is 0 Å². The lowest BCUT2D eigenvalue weighted by molar-refractivity contribution is 0.726. The lowest BCUT2D eigenvalue weighted by atomic mass is 9.98. The molecule has 0 aliphatic rings. The second-order valence-electron chi connectivity index (χ2n) is 2.87. The lowest BCUT2D eigenvalue weighted by Gasteiger charge is -2.08. The molecule has 0 fully saturated rings. The van der Waals surface area contributed by atoms with Crippen LogP contribution >= 0.6 is 11.3 Å². The highest BCUT2D eigenvalue weighted by Gasteiger charge is 2.07.